The lowest BCUT2D eigenvalue weighted by atomic mass is 10.0. The van der Waals surface area contributed by atoms with Crippen LogP contribution in [-0.4, -0.2) is 50.7 Å². The van der Waals surface area contributed by atoms with Gasteiger partial charge in [0.25, 0.3) is 5.56 Å². The van der Waals surface area contributed by atoms with Crippen LogP contribution in [0.25, 0.3) is 11.2 Å². The molecule has 0 saturated carbocycles. The van der Waals surface area contributed by atoms with Crippen molar-refractivity contribution in [1.29, 1.82) is 0 Å². The molecule has 0 spiro atoms. The summed E-state index contributed by atoms with van der Waals surface area (Å²) in [6, 6.07) is -0.680. The molecule has 2 rings (SSSR count). The molecule has 11 heteroatoms. The maximum absolute atomic E-state index is 12.2. The Kier molecular flexibility index (Phi) is 11.7. The summed E-state index contributed by atoms with van der Waals surface area (Å²) in [7, 11) is 0. The van der Waals surface area contributed by atoms with Crippen LogP contribution in [0.15, 0.2) is 11.1 Å². The van der Waals surface area contributed by atoms with Gasteiger partial charge in [0, 0.05) is 18.9 Å². The molecule has 0 amide bonds. The van der Waals surface area contributed by atoms with E-state index < -0.39 is 17.6 Å². The highest BCUT2D eigenvalue weighted by atomic mass is 16.5. The number of ether oxygens (including phenoxy) is 2. The molecular weight excluding hydrogens is 452 g/mol. The molecule has 0 aliphatic carbocycles. The molecule has 0 fully saturated rings. The second kappa shape index (κ2) is 14.4. The van der Waals surface area contributed by atoms with Crippen LogP contribution in [0.5, 0.6) is 0 Å². The van der Waals surface area contributed by atoms with Crippen LogP contribution in [0.3, 0.4) is 0 Å². The number of unbranched alkanes of at least 4 members (excludes halogenated alkanes) is 4. The highest BCUT2D eigenvalue weighted by Crippen LogP contribution is 2.15. The second-order valence-electron chi connectivity index (χ2n) is 9.10. The molecule has 3 atom stereocenters. The lowest BCUT2D eigenvalue weighted by molar-refractivity contribution is -0.149. The normalized spacial score (nSPS) is 13.9. The molecule has 11 nitrogen and oxygen atoms in total. The maximum Gasteiger partial charge on any atom is 0.323 e. The molecule has 0 saturated heterocycles. The van der Waals surface area contributed by atoms with Gasteiger partial charge in [-0.2, -0.15) is 4.98 Å². The number of hydrogen-bond acceptors (Lipinski definition) is 9. The first-order valence-electron chi connectivity index (χ1n) is 12.5. The number of H-pyrrole nitrogens is 1. The number of anilines is 1. The van der Waals surface area contributed by atoms with E-state index in [1.807, 2.05) is 13.8 Å². The summed E-state index contributed by atoms with van der Waals surface area (Å²) in [4.78, 5) is 47.3. The summed E-state index contributed by atoms with van der Waals surface area (Å²) in [6.07, 6.45) is 8.30. The summed E-state index contributed by atoms with van der Waals surface area (Å²) < 4.78 is 12.6. The maximum atomic E-state index is 12.2. The quantitative estimate of drug-likeness (QED) is 0.235. The van der Waals surface area contributed by atoms with E-state index in [-0.39, 0.29) is 42.5 Å². The van der Waals surface area contributed by atoms with Crippen molar-refractivity contribution in [3.8, 4) is 0 Å². The van der Waals surface area contributed by atoms with Gasteiger partial charge in [-0.1, -0.05) is 52.9 Å². The van der Waals surface area contributed by atoms with E-state index in [1.165, 1.54) is 6.33 Å². The number of imidazole rings is 1. The van der Waals surface area contributed by atoms with Crippen molar-refractivity contribution in [1.82, 2.24) is 19.5 Å². The van der Waals surface area contributed by atoms with Gasteiger partial charge in [0.1, 0.15) is 6.04 Å². The number of nitrogen functional groups attached to an aromatic ring is 1. The lowest BCUT2D eigenvalue weighted by Crippen LogP contribution is -2.38. The van der Waals surface area contributed by atoms with Gasteiger partial charge >= 0.3 is 11.9 Å². The summed E-state index contributed by atoms with van der Waals surface area (Å²) in [5, 5.41) is 0. The van der Waals surface area contributed by atoms with Gasteiger partial charge in [0.15, 0.2) is 11.2 Å². The molecule has 0 aliphatic rings. The number of aromatic amines is 1. The first-order chi connectivity index (χ1) is 16.8. The van der Waals surface area contributed by atoms with Crippen LogP contribution < -0.4 is 17.0 Å². The fraction of sp³-hybridized carbons (Fsp3) is 0.708. The lowest BCUT2D eigenvalue weighted by Gasteiger charge is -2.20. The Morgan fingerprint density at radius 2 is 1.91 bits per heavy atom. The Morgan fingerprint density at radius 3 is 2.63 bits per heavy atom. The van der Waals surface area contributed by atoms with E-state index in [0.29, 0.717) is 25.0 Å². The van der Waals surface area contributed by atoms with E-state index in [1.54, 1.807) is 4.57 Å². The number of esters is 2. The summed E-state index contributed by atoms with van der Waals surface area (Å²) >= 11 is 0. The van der Waals surface area contributed by atoms with Crippen molar-refractivity contribution < 1.29 is 19.1 Å². The van der Waals surface area contributed by atoms with Crippen molar-refractivity contribution in [2.75, 3.05) is 18.9 Å². The van der Waals surface area contributed by atoms with Crippen molar-refractivity contribution >= 4 is 29.1 Å². The zero-order valence-corrected chi connectivity index (χ0v) is 21.1. The predicted octanol–water partition coefficient (Wildman–Crippen LogP) is 2.53. The van der Waals surface area contributed by atoms with Crippen molar-refractivity contribution in [2.24, 2.45) is 17.6 Å². The summed E-state index contributed by atoms with van der Waals surface area (Å²) in [5.41, 5.74) is 11.7. The fourth-order valence-corrected chi connectivity index (χ4v) is 3.67. The average Bonchev–Trinajstić information content (AvgIpc) is 3.23. The van der Waals surface area contributed by atoms with Crippen LogP contribution in [-0.2, 0) is 25.6 Å². The number of nitrogens with zero attached hydrogens (tertiary/aromatic N) is 3. The van der Waals surface area contributed by atoms with Gasteiger partial charge in [0.2, 0.25) is 5.95 Å². The molecule has 0 aromatic carbocycles. The van der Waals surface area contributed by atoms with Crippen LogP contribution in [0.4, 0.5) is 5.95 Å². The van der Waals surface area contributed by atoms with Crippen LogP contribution in [0, 0.1) is 11.8 Å². The minimum absolute atomic E-state index is 0.0109. The molecule has 0 unspecified atom stereocenters. The van der Waals surface area contributed by atoms with Crippen LogP contribution >= 0.6 is 0 Å². The molecule has 2 heterocycles. The first kappa shape index (κ1) is 28.3. The number of nitrogens with one attached hydrogen (secondary N) is 1. The van der Waals surface area contributed by atoms with Crippen LogP contribution in [0.1, 0.15) is 72.1 Å². The average molecular weight is 493 g/mol. The third-order valence-electron chi connectivity index (χ3n) is 6.21. The van der Waals surface area contributed by atoms with Gasteiger partial charge < -0.3 is 25.5 Å². The number of carbonyl (C=O) groups excluding carboxylic acids is 2. The molecule has 5 N–H and O–H groups in total. The van der Waals surface area contributed by atoms with E-state index in [0.717, 1.165) is 38.5 Å². The van der Waals surface area contributed by atoms with Crippen molar-refractivity contribution in [3.63, 3.8) is 0 Å². The van der Waals surface area contributed by atoms with Gasteiger partial charge in [-0.05, 0) is 18.8 Å². The third-order valence-corrected chi connectivity index (χ3v) is 6.21. The third kappa shape index (κ3) is 8.97. The smallest absolute Gasteiger partial charge is 0.323 e. The topological polar surface area (TPSA) is 168 Å². The Hall–Kier alpha value is -2.95. The second-order valence-corrected chi connectivity index (χ2v) is 9.10. The highest BCUT2D eigenvalue weighted by molar-refractivity contribution is 5.75. The molecule has 0 aliphatic heterocycles. The van der Waals surface area contributed by atoms with E-state index in [9.17, 15) is 14.4 Å². The Balaban J connectivity index is 2.00. The van der Waals surface area contributed by atoms with E-state index in [4.69, 9.17) is 20.9 Å². The van der Waals surface area contributed by atoms with Gasteiger partial charge in [-0.15, -0.1) is 0 Å². The van der Waals surface area contributed by atoms with Gasteiger partial charge in [-0.3, -0.25) is 19.4 Å². The minimum atomic E-state index is -0.680. The Bertz CT molecular complexity index is 1000. The highest BCUT2D eigenvalue weighted by Gasteiger charge is 2.22. The molecule has 0 radical (unpaired) electrons. The summed E-state index contributed by atoms with van der Waals surface area (Å²) in [6.45, 7) is 6.64. The Morgan fingerprint density at radius 1 is 1.17 bits per heavy atom. The SMILES string of the molecule is CCCCCCCC(=O)OC[C@H](CCOC(=O)[C@@H](N)[C@@H](C)CC)Cn1cnc2c(=O)[nH]c(N)nc21. The summed E-state index contributed by atoms with van der Waals surface area (Å²) in [5.74, 6) is -0.897. The van der Waals surface area contributed by atoms with E-state index >= 15 is 0 Å². The standard InChI is InChI=1S/C24H40N6O5/c1-4-6-7-8-9-10-18(31)35-14-17(11-12-34-23(33)19(25)16(3)5-2)13-30-15-27-20-21(30)28-24(26)29-22(20)32/h15-17,19H,4-14,25H2,1-3H3,(H3,26,28,29,32)/t16-,17+,19-/m0/s1. The molecule has 2 aromatic heterocycles. The number of fused-ring (bicyclic) bond motifs is 1. The molecule has 2 aromatic rings. The molecule has 0 bridgehead atoms. The molecule has 35 heavy (non-hydrogen) atoms. The zero-order valence-electron chi connectivity index (χ0n) is 21.1. The zero-order chi connectivity index (χ0) is 25.8. The molecule has 196 valence electrons. The Labute approximate surface area is 206 Å². The van der Waals surface area contributed by atoms with Crippen molar-refractivity contribution in [2.45, 2.75) is 84.7 Å². The van der Waals surface area contributed by atoms with Gasteiger partial charge in [-0.25, -0.2) is 4.98 Å². The number of nitrogens with two attached hydrogens (primary N) is 2. The van der Waals surface area contributed by atoms with Crippen LogP contribution in [0.2, 0.25) is 0 Å². The first-order valence-corrected chi connectivity index (χ1v) is 12.5. The largest absolute Gasteiger partial charge is 0.465 e. The predicted molar refractivity (Wildman–Crippen MR) is 133 cm³/mol. The monoisotopic (exact) mass is 492 g/mol. The number of hydrogen-bond donors (Lipinski definition) is 3. The number of aromatic nitrogens is 4. The molecular formula is C24H40N6O5. The number of rotatable bonds is 16. The minimum Gasteiger partial charge on any atom is -0.465 e. The van der Waals surface area contributed by atoms with Crippen molar-refractivity contribution in [3.05, 3.63) is 16.7 Å². The van der Waals surface area contributed by atoms with Gasteiger partial charge in [0.05, 0.1) is 19.5 Å². The number of carbonyl (C=O) groups is 2. The van der Waals surface area contributed by atoms with E-state index in [2.05, 4.69) is 21.9 Å². The fourth-order valence-electron chi connectivity index (χ4n) is 3.67.